The average Bonchev–Trinajstić information content (AvgIpc) is 2.33. The number of benzene rings is 2. The first-order valence-electron chi connectivity index (χ1n) is 4.93. The first-order valence-corrected chi connectivity index (χ1v) is 9.18. The van der Waals surface area contributed by atoms with Gasteiger partial charge in [-0.3, -0.25) is 0 Å². The van der Waals surface area contributed by atoms with E-state index in [2.05, 4.69) is 42.5 Å². The summed E-state index contributed by atoms with van der Waals surface area (Å²) in [5.41, 5.74) is 1.34. The SMILES string of the molecule is Clc1ccc(CS[Se]c2ccccc2)cc1. The Morgan fingerprint density at radius 3 is 2.31 bits per heavy atom. The van der Waals surface area contributed by atoms with Crippen LogP contribution in [0, 0.1) is 0 Å². The van der Waals surface area contributed by atoms with Crippen LogP contribution in [0.5, 0.6) is 0 Å². The van der Waals surface area contributed by atoms with Crippen molar-refractivity contribution in [3.8, 4) is 0 Å². The summed E-state index contributed by atoms with van der Waals surface area (Å²) in [5.74, 6) is 1.06. The van der Waals surface area contributed by atoms with Crippen molar-refractivity contribution in [1.29, 1.82) is 0 Å². The van der Waals surface area contributed by atoms with Gasteiger partial charge in [0.05, 0.1) is 0 Å². The first-order chi connectivity index (χ1) is 7.84. The maximum atomic E-state index is 5.84. The molecule has 0 heterocycles. The zero-order valence-electron chi connectivity index (χ0n) is 8.60. The maximum absolute atomic E-state index is 5.84. The van der Waals surface area contributed by atoms with Crippen LogP contribution in [0.1, 0.15) is 5.56 Å². The van der Waals surface area contributed by atoms with Crippen molar-refractivity contribution >= 4 is 40.1 Å². The van der Waals surface area contributed by atoms with E-state index in [0.717, 1.165) is 10.8 Å². The third-order valence-electron chi connectivity index (χ3n) is 2.04. The number of rotatable bonds is 4. The van der Waals surface area contributed by atoms with Crippen molar-refractivity contribution in [2.75, 3.05) is 0 Å². The van der Waals surface area contributed by atoms with E-state index < -0.39 is 0 Å². The van der Waals surface area contributed by atoms with Crippen LogP contribution in [0.3, 0.4) is 0 Å². The van der Waals surface area contributed by atoms with E-state index in [1.807, 2.05) is 22.3 Å². The van der Waals surface area contributed by atoms with Crippen molar-refractivity contribution in [3.05, 3.63) is 65.2 Å². The monoisotopic (exact) mass is 314 g/mol. The second-order valence-corrected chi connectivity index (χ2v) is 7.93. The average molecular weight is 314 g/mol. The van der Waals surface area contributed by atoms with Gasteiger partial charge in [0.15, 0.2) is 0 Å². The second-order valence-electron chi connectivity index (χ2n) is 3.29. The van der Waals surface area contributed by atoms with Gasteiger partial charge < -0.3 is 0 Å². The Morgan fingerprint density at radius 1 is 0.938 bits per heavy atom. The Labute approximate surface area is 111 Å². The summed E-state index contributed by atoms with van der Waals surface area (Å²) in [6, 6.07) is 18.7. The molecule has 2 aromatic carbocycles. The van der Waals surface area contributed by atoms with E-state index in [4.69, 9.17) is 11.6 Å². The minimum absolute atomic E-state index is 0.501. The van der Waals surface area contributed by atoms with Gasteiger partial charge in [0.2, 0.25) is 0 Å². The molecule has 0 nitrogen and oxygen atoms in total. The molecule has 0 aliphatic heterocycles. The Balaban J connectivity index is 1.82. The summed E-state index contributed by atoms with van der Waals surface area (Å²) in [6.45, 7) is 0. The Bertz CT molecular complexity index is 427. The topological polar surface area (TPSA) is 0 Å². The molecule has 0 spiro atoms. The molecule has 82 valence electrons. The van der Waals surface area contributed by atoms with Crippen molar-refractivity contribution in [2.45, 2.75) is 5.75 Å². The van der Waals surface area contributed by atoms with E-state index in [1.54, 1.807) is 0 Å². The predicted octanol–water partition coefficient (Wildman–Crippen LogP) is 3.52. The number of hydrogen-bond donors (Lipinski definition) is 0. The molecule has 16 heavy (non-hydrogen) atoms. The Kier molecular flexibility index (Phi) is 4.80. The molecule has 2 rings (SSSR count). The van der Waals surface area contributed by atoms with Gasteiger partial charge in [-0.2, -0.15) is 0 Å². The summed E-state index contributed by atoms with van der Waals surface area (Å²) in [5, 5.41) is 0.808. The van der Waals surface area contributed by atoms with Gasteiger partial charge in [-0.15, -0.1) is 0 Å². The van der Waals surface area contributed by atoms with Crippen LogP contribution in [-0.4, -0.2) is 13.8 Å². The fourth-order valence-corrected chi connectivity index (χ4v) is 5.10. The van der Waals surface area contributed by atoms with E-state index in [-0.39, 0.29) is 0 Å². The van der Waals surface area contributed by atoms with Gasteiger partial charge in [0.1, 0.15) is 0 Å². The summed E-state index contributed by atoms with van der Waals surface area (Å²) in [7, 11) is 1.98. The van der Waals surface area contributed by atoms with Gasteiger partial charge in [0.25, 0.3) is 0 Å². The molecule has 0 radical (unpaired) electrons. The predicted molar refractivity (Wildman–Crippen MR) is 74.6 cm³/mol. The van der Waals surface area contributed by atoms with Crippen LogP contribution in [0.15, 0.2) is 54.6 Å². The standard InChI is InChI=1S/C13H11ClSSe/c14-12-8-6-11(7-9-12)10-15-16-13-4-2-1-3-5-13/h1-9H,10H2. The zero-order valence-corrected chi connectivity index (χ0v) is 11.9. The summed E-state index contributed by atoms with van der Waals surface area (Å²) in [4.78, 5) is 0. The number of hydrogen-bond acceptors (Lipinski definition) is 1. The molecule has 0 saturated heterocycles. The van der Waals surface area contributed by atoms with Gasteiger partial charge >= 0.3 is 111 Å². The van der Waals surface area contributed by atoms with E-state index in [9.17, 15) is 0 Å². The van der Waals surface area contributed by atoms with E-state index >= 15 is 0 Å². The number of halogens is 1. The third kappa shape index (κ3) is 3.88. The summed E-state index contributed by atoms with van der Waals surface area (Å²) in [6.07, 6.45) is 0. The van der Waals surface area contributed by atoms with Gasteiger partial charge in [-0.05, 0) is 0 Å². The molecule has 0 N–H and O–H groups in total. The summed E-state index contributed by atoms with van der Waals surface area (Å²) < 4.78 is 1.44. The minimum atomic E-state index is 0.501. The molecule has 0 aromatic heterocycles. The van der Waals surface area contributed by atoms with Crippen LogP contribution in [-0.2, 0) is 5.75 Å². The van der Waals surface area contributed by atoms with Crippen LogP contribution < -0.4 is 4.46 Å². The van der Waals surface area contributed by atoms with Crippen LogP contribution in [0.4, 0.5) is 0 Å². The molecule has 0 unspecified atom stereocenters. The second kappa shape index (κ2) is 6.36. The molecule has 0 atom stereocenters. The fraction of sp³-hybridized carbons (Fsp3) is 0.0769. The Morgan fingerprint density at radius 2 is 1.62 bits per heavy atom. The van der Waals surface area contributed by atoms with Crippen molar-refractivity contribution < 1.29 is 0 Å². The van der Waals surface area contributed by atoms with E-state index in [0.29, 0.717) is 13.8 Å². The van der Waals surface area contributed by atoms with Crippen LogP contribution >= 0.6 is 21.8 Å². The van der Waals surface area contributed by atoms with Gasteiger partial charge in [0, 0.05) is 0 Å². The van der Waals surface area contributed by atoms with Crippen molar-refractivity contribution in [1.82, 2.24) is 0 Å². The normalized spacial score (nSPS) is 10.3. The molecular weight excluding hydrogens is 303 g/mol. The molecule has 0 amide bonds. The van der Waals surface area contributed by atoms with Gasteiger partial charge in [-0.25, -0.2) is 0 Å². The molecular formula is C13H11ClSSe. The molecule has 2 aromatic rings. The van der Waals surface area contributed by atoms with Crippen molar-refractivity contribution in [2.24, 2.45) is 0 Å². The van der Waals surface area contributed by atoms with Crippen molar-refractivity contribution in [3.63, 3.8) is 0 Å². The Hall–Kier alpha value is -0.401. The third-order valence-corrected chi connectivity index (χ3v) is 6.32. The first kappa shape index (κ1) is 12.1. The zero-order chi connectivity index (χ0) is 11.2. The van der Waals surface area contributed by atoms with E-state index in [1.165, 1.54) is 10.0 Å². The molecule has 0 bridgehead atoms. The van der Waals surface area contributed by atoms with Gasteiger partial charge in [-0.1, -0.05) is 0 Å². The fourth-order valence-electron chi connectivity index (χ4n) is 1.22. The molecule has 0 fully saturated rings. The molecule has 0 aliphatic rings. The molecule has 0 saturated carbocycles. The summed E-state index contributed by atoms with van der Waals surface area (Å²) >= 11 is 6.34. The van der Waals surface area contributed by atoms with Crippen LogP contribution in [0.25, 0.3) is 0 Å². The van der Waals surface area contributed by atoms with Crippen LogP contribution in [0.2, 0.25) is 5.02 Å². The molecule has 3 heteroatoms. The molecule has 0 aliphatic carbocycles. The quantitative estimate of drug-likeness (QED) is 0.778.